The molecule has 8 nitrogen and oxygen atoms in total. The number of rotatable bonds is 5. The highest BCUT2D eigenvalue weighted by molar-refractivity contribution is 5.82. The van der Waals surface area contributed by atoms with Crippen molar-refractivity contribution in [3.05, 3.63) is 29.8 Å². The number of phenols is 1. The van der Waals surface area contributed by atoms with Crippen LogP contribution in [0.15, 0.2) is 24.3 Å². The van der Waals surface area contributed by atoms with Crippen LogP contribution in [-0.4, -0.2) is 64.3 Å². The molecule has 33 heavy (non-hydrogen) atoms. The number of carbonyl (C=O) groups is 2. The number of esters is 2. The largest absolute Gasteiger partial charge is 0.508 e. The van der Waals surface area contributed by atoms with Crippen molar-refractivity contribution in [2.75, 3.05) is 13.2 Å². The first-order valence-electron chi connectivity index (χ1n) is 9.55. The number of benzene rings is 1. The molecule has 14 heteroatoms. The van der Waals surface area contributed by atoms with Gasteiger partial charge in [-0.2, -0.15) is 26.3 Å². The molecule has 186 valence electrons. The van der Waals surface area contributed by atoms with Gasteiger partial charge in [-0.05, 0) is 25.5 Å². The van der Waals surface area contributed by atoms with Gasteiger partial charge in [0, 0.05) is 5.92 Å². The number of aliphatic hydroxyl groups is 2. The summed E-state index contributed by atoms with van der Waals surface area (Å²) in [6.45, 7) is 1.30. The number of halogens is 6. The second-order valence-electron chi connectivity index (χ2n) is 7.20. The van der Waals surface area contributed by atoms with Crippen molar-refractivity contribution >= 4 is 11.9 Å². The maximum atomic E-state index is 14.0. The Morgan fingerprint density at radius 3 is 1.64 bits per heavy atom. The minimum atomic E-state index is -5.99. The summed E-state index contributed by atoms with van der Waals surface area (Å²) in [6.07, 6.45) is -12.0. The van der Waals surface area contributed by atoms with Crippen molar-refractivity contribution in [1.82, 2.24) is 5.32 Å². The number of para-hydroxylation sites is 1. The fourth-order valence-corrected chi connectivity index (χ4v) is 3.88. The minimum Gasteiger partial charge on any atom is -0.508 e. The summed E-state index contributed by atoms with van der Waals surface area (Å²) in [7, 11) is 0. The highest BCUT2D eigenvalue weighted by Gasteiger charge is 2.78. The van der Waals surface area contributed by atoms with Crippen molar-refractivity contribution in [2.45, 2.75) is 43.6 Å². The first-order valence-corrected chi connectivity index (χ1v) is 9.55. The lowest BCUT2D eigenvalue weighted by Gasteiger charge is -2.54. The third-order valence-electron chi connectivity index (χ3n) is 5.24. The summed E-state index contributed by atoms with van der Waals surface area (Å²) < 4.78 is 93.1. The number of alkyl halides is 6. The van der Waals surface area contributed by atoms with E-state index in [2.05, 4.69) is 9.47 Å². The van der Waals surface area contributed by atoms with E-state index in [0.717, 1.165) is 18.2 Å². The molecule has 4 unspecified atom stereocenters. The average Bonchev–Trinajstić information content (AvgIpc) is 2.66. The van der Waals surface area contributed by atoms with Crippen LogP contribution in [0.2, 0.25) is 0 Å². The van der Waals surface area contributed by atoms with Crippen molar-refractivity contribution in [3.8, 4) is 5.75 Å². The van der Waals surface area contributed by atoms with Crippen LogP contribution in [0, 0.1) is 11.8 Å². The molecular weight excluding hydrogens is 468 g/mol. The van der Waals surface area contributed by atoms with Gasteiger partial charge in [0.15, 0.2) is 0 Å². The lowest BCUT2D eigenvalue weighted by molar-refractivity contribution is -0.376. The quantitative estimate of drug-likeness (QED) is 0.366. The van der Waals surface area contributed by atoms with E-state index in [-0.39, 0.29) is 0 Å². The summed E-state index contributed by atoms with van der Waals surface area (Å²) in [5.41, 5.74) is -10.2. The molecule has 0 spiro atoms. The van der Waals surface area contributed by atoms with Crippen LogP contribution >= 0.6 is 0 Å². The van der Waals surface area contributed by atoms with E-state index in [9.17, 15) is 51.3 Å². The standard InChI is InChI=1S/C19H21F6NO7/c1-3-32-14(28)12-11(9-7-5-6-8-10(9)27)13(15(29)33-4-2)17(31,19(23,24)25)26-16(12,30)18(20,21)22/h5-8,11-13,26-27,30-31H,3-4H2,1-2H3. The fourth-order valence-electron chi connectivity index (χ4n) is 3.88. The Balaban J connectivity index is 3.00. The first-order chi connectivity index (χ1) is 15.1. The van der Waals surface area contributed by atoms with E-state index in [1.165, 1.54) is 19.9 Å². The Morgan fingerprint density at radius 2 is 1.30 bits per heavy atom. The Bertz CT molecular complexity index is 844. The summed E-state index contributed by atoms with van der Waals surface area (Å²) in [4.78, 5) is 25.2. The van der Waals surface area contributed by atoms with Crippen molar-refractivity contribution < 1.29 is 60.7 Å². The molecule has 0 radical (unpaired) electrons. The van der Waals surface area contributed by atoms with E-state index in [0.29, 0.717) is 5.32 Å². The number of ether oxygens (including phenoxy) is 2. The Kier molecular flexibility index (Phi) is 7.26. The summed E-state index contributed by atoms with van der Waals surface area (Å²) in [5.74, 6) is -13.1. The lowest BCUT2D eigenvalue weighted by Crippen LogP contribution is -2.81. The number of phenolic OH excluding ortho intramolecular Hbond substituents is 1. The molecule has 1 aromatic carbocycles. The van der Waals surface area contributed by atoms with Gasteiger partial charge in [-0.1, -0.05) is 18.2 Å². The first kappa shape index (κ1) is 26.7. The Hall–Kier alpha value is -2.58. The number of nitrogens with one attached hydrogen (secondary N) is 1. The highest BCUT2D eigenvalue weighted by Crippen LogP contribution is 2.56. The number of hydrogen-bond donors (Lipinski definition) is 4. The van der Waals surface area contributed by atoms with Crippen LogP contribution in [0.1, 0.15) is 25.3 Å². The Labute approximate surface area is 183 Å². The normalized spacial score (nSPS) is 30.5. The SMILES string of the molecule is CCOC(=O)C1C(c2ccccc2O)C(C(=O)OCC)C(O)(C(F)(F)F)NC1(O)C(F)(F)F. The van der Waals surface area contributed by atoms with Crippen LogP contribution in [0.5, 0.6) is 5.75 Å². The predicted molar refractivity (Wildman–Crippen MR) is 96.2 cm³/mol. The van der Waals surface area contributed by atoms with Gasteiger partial charge in [0.05, 0.1) is 13.2 Å². The summed E-state index contributed by atoms with van der Waals surface area (Å²) in [5, 5.41) is 31.8. The minimum absolute atomic E-state index is 0.537. The molecule has 0 amide bonds. The van der Waals surface area contributed by atoms with Crippen molar-refractivity contribution in [2.24, 2.45) is 11.8 Å². The molecule has 1 aromatic rings. The van der Waals surface area contributed by atoms with Gasteiger partial charge < -0.3 is 24.8 Å². The third kappa shape index (κ3) is 4.46. The van der Waals surface area contributed by atoms with Crippen LogP contribution in [0.4, 0.5) is 26.3 Å². The lowest BCUT2D eigenvalue weighted by atomic mass is 9.64. The predicted octanol–water partition coefficient (Wildman–Crippen LogP) is 1.94. The molecule has 1 saturated heterocycles. The Morgan fingerprint density at radius 1 is 0.909 bits per heavy atom. The van der Waals surface area contributed by atoms with E-state index < -0.39 is 78.0 Å². The number of hydrogen-bond acceptors (Lipinski definition) is 8. The van der Waals surface area contributed by atoms with Crippen LogP contribution in [0.3, 0.4) is 0 Å². The van der Waals surface area contributed by atoms with Gasteiger partial charge in [0.1, 0.15) is 17.6 Å². The number of piperidine rings is 1. The fraction of sp³-hybridized carbons (Fsp3) is 0.579. The molecule has 4 N–H and O–H groups in total. The molecule has 1 heterocycles. The highest BCUT2D eigenvalue weighted by atomic mass is 19.4. The molecule has 0 bridgehead atoms. The molecule has 2 rings (SSSR count). The van der Waals surface area contributed by atoms with E-state index in [4.69, 9.17) is 0 Å². The third-order valence-corrected chi connectivity index (χ3v) is 5.24. The molecule has 4 atom stereocenters. The second-order valence-corrected chi connectivity index (χ2v) is 7.20. The van der Waals surface area contributed by atoms with Crippen LogP contribution in [0.25, 0.3) is 0 Å². The van der Waals surface area contributed by atoms with Crippen LogP contribution < -0.4 is 5.32 Å². The van der Waals surface area contributed by atoms with Gasteiger partial charge in [0.2, 0.25) is 11.4 Å². The molecule has 1 aliphatic rings. The molecular formula is C19H21F6NO7. The smallest absolute Gasteiger partial charge is 0.432 e. The van der Waals surface area contributed by atoms with Crippen LogP contribution in [-0.2, 0) is 19.1 Å². The number of carbonyl (C=O) groups excluding carboxylic acids is 2. The maximum absolute atomic E-state index is 14.0. The second kappa shape index (κ2) is 8.99. The van der Waals surface area contributed by atoms with E-state index in [1.54, 1.807) is 0 Å². The topological polar surface area (TPSA) is 125 Å². The maximum Gasteiger partial charge on any atom is 0.432 e. The molecule has 0 aliphatic carbocycles. The van der Waals surface area contributed by atoms with Crippen molar-refractivity contribution in [1.29, 1.82) is 0 Å². The monoisotopic (exact) mass is 489 g/mol. The molecule has 1 fully saturated rings. The molecule has 0 aromatic heterocycles. The zero-order valence-corrected chi connectivity index (χ0v) is 17.2. The average molecular weight is 489 g/mol. The van der Waals surface area contributed by atoms with E-state index >= 15 is 0 Å². The van der Waals surface area contributed by atoms with Gasteiger partial charge >= 0.3 is 24.3 Å². The number of aromatic hydroxyl groups is 1. The molecule has 1 aliphatic heterocycles. The van der Waals surface area contributed by atoms with Gasteiger partial charge in [0.25, 0.3) is 0 Å². The van der Waals surface area contributed by atoms with Gasteiger partial charge in [-0.15, -0.1) is 0 Å². The molecule has 0 saturated carbocycles. The summed E-state index contributed by atoms with van der Waals surface area (Å²) in [6, 6.07) is 3.99. The zero-order chi connectivity index (χ0) is 25.4. The van der Waals surface area contributed by atoms with Crippen molar-refractivity contribution in [3.63, 3.8) is 0 Å². The van der Waals surface area contributed by atoms with Gasteiger partial charge in [-0.3, -0.25) is 9.59 Å². The van der Waals surface area contributed by atoms with E-state index in [1.807, 2.05) is 0 Å². The van der Waals surface area contributed by atoms with Gasteiger partial charge in [-0.25, -0.2) is 5.32 Å². The zero-order valence-electron chi connectivity index (χ0n) is 17.2. The summed E-state index contributed by atoms with van der Waals surface area (Å²) >= 11 is 0.